The zero-order chi connectivity index (χ0) is 42.4. The maximum absolute atomic E-state index is 12.9. The second kappa shape index (κ2) is 21.3. The summed E-state index contributed by atoms with van der Waals surface area (Å²) in [5.74, 6) is -0.0828. The fraction of sp³-hybridized carbons (Fsp3) is 0.362. The number of amides is 3. The lowest BCUT2D eigenvalue weighted by molar-refractivity contribution is -0.130. The minimum Gasteiger partial charge on any atom is -0.506 e. The number of carbonyl (C=O) groups excluding carboxylic acids is 3. The van der Waals surface area contributed by atoms with Crippen LogP contribution in [0.3, 0.4) is 0 Å². The predicted octanol–water partition coefficient (Wildman–Crippen LogP) is 5.77. The standard InChI is InChI=1S/C47H56N6O7/c1-32(49-31-42(55)38-16-18-41(54)46-39(38)17-19-43(56)51-46)28-33-10-8-11-34(29-33)30-44(57)48-23-9-24-52(2)45(58)22-27-53-25-20-36(21-26-53)60-47(59)50-40-15-7-6-14-37(40)35-12-4-3-5-13-35/h3-8,10-19,29,32,36,42,49,54-55H,9,20-28,30-31H2,1-2H3,(H,48,57)(H,50,59)(H,51,56)/t32-,42+/m1/s1. The van der Waals surface area contributed by atoms with Gasteiger partial charge in [0.1, 0.15) is 11.9 Å². The van der Waals surface area contributed by atoms with Crippen LogP contribution in [0, 0.1) is 0 Å². The van der Waals surface area contributed by atoms with Crippen molar-refractivity contribution < 1.29 is 29.3 Å². The summed E-state index contributed by atoms with van der Waals surface area (Å²) in [5, 5.41) is 30.9. The first-order valence-corrected chi connectivity index (χ1v) is 20.7. The molecule has 0 bridgehead atoms. The number of likely N-dealkylation sites (tertiary alicyclic amines) is 1. The molecule has 316 valence electrons. The van der Waals surface area contributed by atoms with Gasteiger partial charge >= 0.3 is 6.09 Å². The molecule has 0 spiro atoms. The van der Waals surface area contributed by atoms with Gasteiger partial charge in [0.25, 0.3) is 0 Å². The Morgan fingerprint density at radius 3 is 2.48 bits per heavy atom. The molecule has 60 heavy (non-hydrogen) atoms. The summed E-state index contributed by atoms with van der Waals surface area (Å²) in [6.07, 6.45) is 1.87. The average molecular weight is 817 g/mol. The zero-order valence-electron chi connectivity index (χ0n) is 34.4. The van der Waals surface area contributed by atoms with Gasteiger partial charge in [-0.1, -0.05) is 78.9 Å². The van der Waals surface area contributed by atoms with Crippen LogP contribution in [0.4, 0.5) is 10.5 Å². The molecule has 1 aliphatic heterocycles. The second-order valence-electron chi connectivity index (χ2n) is 15.6. The van der Waals surface area contributed by atoms with Crippen LogP contribution in [-0.4, -0.2) is 101 Å². The molecule has 2 atom stereocenters. The maximum atomic E-state index is 12.9. The number of carbonyl (C=O) groups is 3. The van der Waals surface area contributed by atoms with Crippen molar-refractivity contribution >= 4 is 34.5 Å². The molecule has 5 aromatic rings. The smallest absolute Gasteiger partial charge is 0.411 e. The number of benzene rings is 4. The number of ether oxygens (including phenoxy) is 1. The number of anilines is 1. The summed E-state index contributed by atoms with van der Waals surface area (Å²) in [6, 6.07) is 31.6. The molecule has 13 nitrogen and oxygen atoms in total. The zero-order valence-corrected chi connectivity index (χ0v) is 34.4. The van der Waals surface area contributed by atoms with E-state index in [2.05, 4.69) is 25.8 Å². The molecule has 0 unspecified atom stereocenters. The molecule has 6 rings (SSSR count). The van der Waals surface area contributed by atoms with Crippen molar-refractivity contribution in [2.75, 3.05) is 51.6 Å². The van der Waals surface area contributed by atoms with E-state index in [1.165, 1.54) is 12.1 Å². The van der Waals surface area contributed by atoms with Crippen molar-refractivity contribution in [3.63, 3.8) is 0 Å². The Morgan fingerprint density at radius 1 is 0.933 bits per heavy atom. The number of nitrogens with one attached hydrogen (secondary N) is 4. The summed E-state index contributed by atoms with van der Waals surface area (Å²) in [7, 11) is 1.79. The number of aliphatic hydroxyl groups is 1. The molecule has 1 aliphatic rings. The normalized spacial score (nSPS) is 14.3. The van der Waals surface area contributed by atoms with Crippen LogP contribution >= 0.6 is 0 Å². The van der Waals surface area contributed by atoms with E-state index in [1.54, 1.807) is 24.1 Å². The fourth-order valence-electron chi connectivity index (χ4n) is 7.63. The van der Waals surface area contributed by atoms with Crippen molar-refractivity contribution in [1.29, 1.82) is 0 Å². The first-order chi connectivity index (χ1) is 29.0. The summed E-state index contributed by atoms with van der Waals surface area (Å²) >= 11 is 0. The molecule has 1 fully saturated rings. The van der Waals surface area contributed by atoms with Crippen LogP contribution in [-0.2, 0) is 27.2 Å². The Morgan fingerprint density at radius 2 is 1.68 bits per heavy atom. The molecule has 1 saturated heterocycles. The third-order valence-corrected chi connectivity index (χ3v) is 10.9. The molecule has 13 heteroatoms. The molecule has 0 aliphatic carbocycles. The van der Waals surface area contributed by atoms with E-state index in [4.69, 9.17) is 4.74 Å². The van der Waals surface area contributed by atoms with Crippen molar-refractivity contribution in [2.45, 2.75) is 63.7 Å². The monoisotopic (exact) mass is 816 g/mol. The van der Waals surface area contributed by atoms with Crippen LogP contribution in [0.5, 0.6) is 5.75 Å². The van der Waals surface area contributed by atoms with Gasteiger partial charge in [0.15, 0.2) is 0 Å². The second-order valence-corrected chi connectivity index (χ2v) is 15.6. The number of aliphatic hydroxyl groups excluding tert-OH is 1. The lowest BCUT2D eigenvalue weighted by Crippen LogP contribution is -2.40. The van der Waals surface area contributed by atoms with E-state index in [1.807, 2.05) is 85.8 Å². The number of piperidine rings is 1. The van der Waals surface area contributed by atoms with Gasteiger partial charge < -0.3 is 40.4 Å². The van der Waals surface area contributed by atoms with Crippen molar-refractivity contribution in [3.8, 4) is 16.9 Å². The van der Waals surface area contributed by atoms with E-state index in [9.17, 15) is 29.4 Å². The van der Waals surface area contributed by atoms with Gasteiger partial charge in [0, 0.05) is 75.8 Å². The first-order valence-electron chi connectivity index (χ1n) is 20.7. The lowest BCUT2D eigenvalue weighted by atomic mass is 10.0. The third kappa shape index (κ3) is 12.5. The van der Waals surface area contributed by atoms with Crippen molar-refractivity contribution in [2.24, 2.45) is 0 Å². The number of hydrogen-bond donors (Lipinski definition) is 6. The van der Waals surface area contributed by atoms with E-state index in [0.29, 0.717) is 73.9 Å². The first kappa shape index (κ1) is 43.6. The molecule has 3 amide bonds. The van der Waals surface area contributed by atoms with E-state index in [-0.39, 0.29) is 48.2 Å². The Kier molecular flexibility index (Phi) is 15.5. The summed E-state index contributed by atoms with van der Waals surface area (Å²) < 4.78 is 5.76. The summed E-state index contributed by atoms with van der Waals surface area (Å²) in [6.45, 7) is 5.43. The van der Waals surface area contributed by atoms with Gasteiger partial charge in [-0.15, -0.1) is 0 Å². The van der Waals surface area contributed by atoms with Crippen LogP contribution in [0.2, 0.25) is 0 Å². The number of phenols is 1. The minimum atomic E-state index is -0.858. The Balaban J connectivity index is 0.832. The summed E-state index contributed by atoms with van der Waals surface area (Å²) in [4.78, 5) is 56.7. The highest BCUT2D eigenvalue weighted by atomic mass is 16.6. The van der Waals surface area contributed by atoms with E-state index in [0.717, 1.165) is 35.3 Å². The Labute approximate surface area is 350 Å². The van der Waals surface area contributed by atoms with Gasteiger partial charge in [-0.05, 0) is 73.1 Å². The number of aromatic nitrogens is 1. The van der Waals surface area contributed by atoms with Crippen LogP contribution in [0.15, 0.2) is 108 Å². The molecule has 1 aromatic heterocycles. The molecule has 4 aromatic carbocycles. The van der Waals surface area contributed by atoms with E-state index < -0.39 is 12.2 Å². The number of aromatic hydroxyl groups is 1. The number of pyridine rings is 1. The number of H-pyrrole nitrogens is 1. The average Bonchev–Trinajstić information content (AvgIpc) is 3.24. The summed E-state index contributed by atoms with van der Waals surface area (Å²) in [5.41, 5.74) is 5.18. The number of rotatable bonds is 18. The molecular weight excluding hydrogens is 761 g/mol. The van der Waals surface area contributed by atoms with Gasteiger partial charge in [0.05, 0.1) is 23.7 Å². The van der Waals surface area contributed by atoms with Gasteiger partial charge in [-0.3, -0.25) is 19.7 Å². The third-order valence-electron chi connectivity index (χ3n) is 10.9. The fourth-order valence-corrected chi connectivity index (χ4v) is 7.63. The number of aromatic amines is 1. The van der Waals surface area contributed by atoms with Crippen molar-refractivity contribution in [3.05, 3.63) is 130 Å². The topological polar surface area (TPSA) is 176 Å². The molecule has 2 heterocycles. The highest BCUT2D eigenvalue weighted by molar-refractivity contribution is 5.91. The van der Waals surface area contributed by atoms with Crippen LogP contribution < -0.4 is 21.5 Å². The number of para-hydroxylation sites is 1. The highest BCUT2D eigenvalue weighted by Crippen LogP contribution is 2.29. The predicted molar refractivity (Wildman–Crippen MR) is 234 cm³/mol. The lowest BCUT2D eigenvalue weighted by Gasteiger charge is -2.31. The minimum absolute atomic E-state index is 0.0218. The molecule has 0 radical (unpaired) electrons. The highest BCUT2D eigenvalue weighted by Gasteiger charge is 2.24. The largest absolute Gasteiger partial charge is 0.506 e. The number of phenolic OH excluding ortho intramolecular Hbond substituents is 1. The molecular formula is C47H56N6O7. The number of fused-ring (bicyclic) bond motifs is 1. The Bertz CT molecular complexity index is 2270. The van der Waals surface area contributed by atoms with Crippen LogP contribution in [0.25, 0.3) is 22.0 Å². The van der Waals surface area contributed by atoms with Crippen LogP contribution in [0.1, 0.15) is 55.4 Å². The van der Waals surface area contributed by atoms with Gasteiger partial charge in [-0.2, -0.15) is 0 Å². The number of nitrogens with zero attached hydrogens (tertiary/aromatic N) is 2. The SMILES string of the molecule is C[C@H](Cc1cccc(CC(=O)NCCCN(C)C(=O)CCN2CCC(OC(=O)Nc3ccccc3-c3ccccc3)CC2)c1)NC[C@H](O)c1ccc(O)c2[nH]c(=O)ccc12. The Hall–Kier alpha value is -6.02. The van der Waals surface area contributed by atoms with E-state index >= 15 is 0 Å². The van der Waals surface area contributed by atoms with Crippen molar-refractivity contribution in [1.82, 2.24) is 25.4 Å². The van der Waals surface area contributed by atoms with Gasteiger partial charge in [-0.25, -0.2) is 4.79 Å². The quantitative estimate of drug-likeness (QED) is 0.0601. The van der Waals surface area contributed by atoms with Gasteiger partial charge in [0.2, 0.25) is 17.4 Å². The maximum Gasteiger partial charge on any atom is 0.411 e. The molecule has 6 N–H and O–H groups in total. The molecule has 0 saturated carbocycles. The number of hydrogen-bond acceptors (Lipinski definition) is 9.